The fraction of sp³-hybridized carbons (Fsp3) is 1.00. The molecule has 0 bridgehead atoms. The van der Waals surface area contributed by atoms with Gasteiger partial charge in [-0.3, -0.25) is 0 Å². The first-order chi connectivity index (χ1) is 4.04. The van der Waals surface area contributed by atoms with E-state index in [0.717, 1.165) is 4.48 Å². The maximum atomic E-state index is 5.74. The highest BCUT2D eigenvalue weighted by atomic mass is 35.5. The Morgan fingerprint density at radius 3 is 2.00 bits per heavy atom. The zero-order valence-corrected chi connectivity index (χ0v) is 7.57. The molecule has 0 saturated heterocycles. The van der Waals surface area contributed by atoms with Gasteiger partial charge in [-0.15, -0.1) is 0 Å². The Bertz CT molecular complexity index is 81.0. The molecule has 56 valence electrons. The van der Waals surface area contributed by atoms with E-state index in [4.69, 9.17) is 11.6 Å². The van der Waals surface area contributed by atoms with Crippen molar-refractivity contribution in [3.05, 3.63) is 0 Å². The third kappa shape index (κ3) is 2.55. The highest BCUT2D eigenvalue weighted by Gasteiger charge is 2.19. The molecule has 2 heteroatoms. The molecule has 1 nitrogen and oxygen atoms in total. The maximum absolute atomic E-state index is 5.74. The van der Waals surface area contributed by atoms with E-state index in [1.165, 1.54) is 6.42 Å². The number of nitrogens with zero attached hydrogens (tertiary/aromatic N) is 1. The van der Waals surface area contributed by atoms with Crippen molar-refractivity contribution in [2.24, 2.45) is 0 Å². The Balaban J connectivity index is 3.80. The average molecular weight is 151 g/mol. The molecule has 0 N–H and O–H groups in total. The van der Waals surface area contributed by atoms with E-state index in [-0.39, 0.29) is 0 Å². The zero-order chi connectivity index (χ0) is 7.49. The number of alkyl halides is 1. The molecule has 0 saturated carbocycles. The van der Waals surface area contributed by atoms with Crippen LogP contribution in [-0.4, -0.2) is 30.6 Å². The van der Waals surface area contributed by atoms with E-state index in [1.54, 1.807) is 0 Å². The van der Waals surface area contributed by atoms with Gasteiger partial charge in [0.05, 0.1) is 20.1 Å². The standard InChI is InChI=1S/C7H17ClN/c1-5-7(2)9(3,4)6-8/h7H,5-6H2,1-4H3/q+1. The van der Waals surface area contributed by atoms with Gasteiger partial charge in [-0.2, -0.15) is 0 Å². The van der Waals surface area contributed by atoms with Crippen molar-refractivity contribution < 1.29 is 4.48 Å². The van der Waals surface area contributed by atoms with Crippen LogP contribution in [0.3, 0.4) is 0 Å². The van der Waals surface area contributed by atoms with Gasteiger partial charge in [0.2, 0.25) is 0 Å². The Kier molecular flexibility index (Phi) is 3.52. The van der Waals surface area contributed by atoms with Crippen LogP contribution in [0.1, 0.15) is 20.3 Å². The van der Waals surface area contributed by atoms with E-state index < -0.39 is 0 Å². The summed E-state index contributed by atoms with van der Waals surface area (Å²) in [5, 5.41) is 0. The molecule has 0 amide bonds. The summed E-state index contributed by atoms with van der Waals surface area (Å²) < 4.78 is 0.915. The SMILES string of the molecule is CCC(C)[N+](C)(C)CCl. The molecule has 0 aromatic carbocycles. The summed E-state index contributed by atoms with van der Waals surface area (Å²) in [6.07, 6.45) is 1.19. The summed E-state index contributed by atoms with van der Waals surface area (Å²) in [6, 6.07) is 1.37. The normalized spacial score (nSPS) is 15.7. The van der Waals surface area contributed by atoms with Crippen molar-refractivity contribution in [3.63, 3.8) is 0 Å². The van der Waals surface area contributed by atoms with E-state index in [2.05, 4.69) is 27.9 Å². The van der Waals surface area contributed by atoms with Crippen molar-refractivity contribution >= 4 is 11.6 Å². The molecule has 0 aliphatic rings. The monoisotopic (exact) mass is 150 g/mol. The van der Waals surface area contributed by atoms with Gasteiger partial charge in [-0.05, 0) is 13.3 Å². The van der Waals surface area contributed by atoms with Crippen molar-refractivity contribution in [1.82, 2.24) is 0 Å². The Hall–Kier alpha value is 0.250. The number of quaternary nitrogens is 1. The van der Waals surface area contributed by atoms with Gasteiger partial charge < -0.3 is 4.48 Å². The third-order valence-electron chi connectivity index (χ3n) is 2.09. The average Bonchev–Trinajstić information content (AvgIpc) is 1.86. The van der Waals surface area contributed by atoms with Gasteiger partial charge in [-0.1, -0.05) is 18.5 Å². The van der Waals surface area contributed by atoms with Crippen molar-refractivity contribution in [2.75, 3.05) is 20.1 Å². The van der Waals surface area contributed by atoms with Gasteiger partial charge in [-0.25, -0.2) is 0 Å². The molecular formula is C7H17ClN+. The Morgan fingerprint density at radius 2 is 1.89 bits per heavy atom. The lowest BCUT2D eigenvalue weighted by Crippen LogP contribution is -2.45. The summed E-state index contributed by atoms with van der Waals surface area (Å²) in [7, 11) is 4.31. The highest BCUT2D eigenvalue weighted by molar-refractivity contribution is 6.16. The number of rotatable bonds is 3. The van der Waals surface area contributed by atoms with Crippen molar-refractivity contribution in [3.8, 4) is 0 Å². The first kappa shape index (κ1) is 9.25. The van der Waals surface area contributed by atoms with Crippen LogP contribution < -0.4 is 0 Å². The summed E-state index contributed by atoms with van der Waals surface area (Å²) in [4.78, 5) is 0. The van der Waals surface area contributed by atoms with Crippen molar-refractivity contribution in [1.29, 1.82) is 0 Å². The highest BCUT2D eigenvalue weighted by Crippen LogP contribution is 2.09. The molecule has 0 aromatic rings. The lowest BCUT2D eigenvalue weighted by molar-refractivity contribution is -0.902. The first-order valence-corrected chi connectivity index (χ1v) is 3.96. The lowest BCUT2D eigenvalue weighted by Gasteiger charge is -2.33. The topological polar surface area (TPSA) is 0 Å². The Morgan fingerprint density at radius 1 is 1.44 bits per heavy atom. The largest absolute Gasteiger partial charge is 0.314 e. The first-order valence-electron chi connectivity index (χ1n) is 3.43. The van der Waals surface area contributed by atoms with E-state index in [9.17, 15) is 0 Å². The van der Waals surface area contributed by atoms with Gasteiger partial charge >= 0.3 is 0 Å². The molecule has 0 aliphatic carbocycles. The molecule has 0 aromatic heterocycles. The summed E-state index contributed by atoms with van der Waals surface area (Å²) in [5.41, 5.74) is 0. The molecular weight excluding hydrogens is 134 g/mol. The summed E-state index contributed by atoms with van der Waals surface area (Å²) >= 11 is 5.74. The van der Waals surface area contributed by atoms with E-state index in [0.29, 0.717) is 12.0 Å². The van der Waals surface area contributed by atoms with Crippen LogP contribution in [0.25, 0.3) is 0 Å². The smallest absolute Gasteiger partial charge is 0.154 e. The molecule has 0 aliphatic heterocycles. The minimum absolute atomic E-state index is 0.669. The van der Waals surface area contributed by atoms with Crippen LogP contribution in [0, 0.1) is 0 Å². The molecule has 0 radical (unpaired) electrons. The molecule has 1 atom stereocenters. The quantitative estimate of drug-likeness (QED) is 0.328. The Labute approximate surface area is 63.2 Å². The van der Waals surface area contributed by atoms with Gasteiger partial charge in [0.15, 0.2) is 6.00 Å². The van der Waals surface area contributed by atoms with Gasteiger partial charge in [0.1, 0.15) is 0 Å². The van der Waals surface area contributed by atoms with Crippen LogP contribution in [-0.2, 0) is 0 Å². The van der Waals surface area contributed by atoms with Crippen LogP contribution in [0.4, 0.5) is 0 Å². The van der Waals surface area contributed by atoms with Crippen molar-refractivity contribution in [2.45, 2.75) is 26.3 Å². The molecule has 9 heavy (non-hydrogen) atoms. The minimum Gasteiger partial charge on any atom is -0.314 e. The van der Waals surface area contributed by atoms with Gasteiger partial charge in [0.25, 0.3) is 0 Å². The second kappa shape index (κ2) is 3.43. The molecule has 0 rings (SSSR count). The zero-order valence-electron chi connectivity index (χ0n) is 6.82. The predicted molar refractivity (Wildman–Crippen MR) is 42.6 cm³/mol. The second-order valence-electron chi connectivity index (χ2n) is 3.16. The predicted octanol–water partition coefficient (Wildman–Crippen LogP) is 2.06. The second-order valence-corrected chi connectivity index (χ2v) is 3.39. The summed E-state index contributed by atoms with van der Waals surface area (Å²) in [5.74, 6) is 0. The number of hydrogen-bond acceptors (Lipinski definition) is 0. The van der Waals surface area contributed by atoms with Crippen LogP contribution in [0.5, 0.6) is 0 Å². The molecule has 0 fully saturated rings. The van der Waals surface area contributed by atoms with Crippen LogP contribution in [0.15, 0.2) is 0 Å². The minimum atomic E-state index is 0.669. The van der Waals surface area contributed by atoms with Gasteiger partial charge in [0, 0.05) is 0 Å². The fourth-order valence-corrected chi connectivity index (χ4v) is 0.848. The van der Waals surface area contributed by atoms with E-state index in [1.807, 2.05) is 0 Å². The van der Waals surface area contributed by atoms with Crippen LogP contribution in [0.2, 0.25) is 0 Å². The fourth-order valence-electron chi connectivity index (χ4n) is 0.612. The van der Waals surface area contributed by atoms with E-state index >= 15 is 0 Å². The number of hydrogen-bond donors (Lipinski definition) is 0. The third-order valence-corrected chi connectivity index (χ3v) is 2.71. The molecule has 0 heterocycles. The number of halogens is 1. The summed E-state index contributed by atoms with van der Waals surface area (Å²) in [6.45, 7) is 4.42. The van der Waals surface area contributed by atoms with Crippen LogP contribution >= 0.6 is 11.6 Å². The molecule has 1 unspecified atom stereocenters. The maximum Gasteiger partial charge on any atom is 0.154 e. The lowest BCUT2D eigenvalue weighted by atomic mass is 10.2. The molecule has 0 spiro atoms.